The Kier molecular flexibility index (Phi) is 6.20. The minimum atomic E-state index is -0.0455. The average Bonchev–Trinajstić information content (AvgIpc) is 3.09. The third kappa shape index (κ3) is 5.17. The Bertz CT molecular complexity index is 905. The number of aromatic amines is 1. The molecule has 0 aliphatic rings. The zero-order valence-corrected chi connectivity index (χ0v) is 15.4. The molecule has 0 saturated carbocycles. The van der Waals surface area contributed by atoms with E-state index in [0.717, 1.165) is 17.5 Å². The summed E-state index contributed by atoms with van der Waals surface area (Å²) >= 11 is 0. The molecule has 140 valence electrons. The van der Waals surface area contributed by atoms with Crippen LogP contribution in [0.4, 0.5) is 0 Å². The molecular formula is C21H24N4O2. The largest absolute Gasteiger partial charge is 0.361 e. The van der Waals surface area contributed by atoms with E-state index < -0.39 is 0 Å². The van der Waals surface area contributed by atoms with E-state index in [9.17, 15) is 9.59 Å². The van der Waals surface area contributed by atoms with Gasteiger partial charge < -0.3 is 15.2 Å². The molecule has 27 heavy (non-hydrogen) atoms. The molecule has 2 N–H and O–H groups in total. The first-order valence-electron chi connectivity index (χ1n) is 9.09. The minimum Gasteiger partial charge on any atom is -0.361 e. The number of nitrogens with zero attached hydrogens (tertiary/aromatic N) is 2. The first-order chi connectivity index (χ1) is 13.1. The van der Waals surface area contributed by atoms with Crippen molar-refractivity contribution in [2.75, 3.05) is 13.1 Å². The van der Waals surface area contributed by atoms with Gasteiger partial charge in [-0.3, -0.25) is 14.6 Å². The first kappa shape index (κ1) is 18.6. The van der Waals surface area contributed by atoms with Crippen molar-refractivity contribution in [1.29, 1.82) is 0 Å². The lowest BCUT2D eigenvalue weighted by Crippen LogP contribution is -2.34. The van der Waals surface area contributed by atoms with E-state index in [1.54, 1.807) is 17.3 Å². The van der Waals surface area contributed by atoms with Crippen LogP contribution >= 0.6 is 0 Å². The Morgan fingerprint density at radius 3 is 2.70 bits per heavy atom. The molecule has 0 radical (unpaired) electrons. The van der Waals surface area contributed by atoms with Crippen molar-refractivity contribution in [3.05, 3.63) is 66.1 Å². The van der Waals surface area contributed by atoms with Crippen LogP contribution in [0.25, 0.3) is 10.9 Å². The van der Waals surface area contributed by atoms with Gasteiger partial charge in [0.05, 0.1) is 0 Å². The van der Waals surface area contributed by atoms with Crippen LogP contribution in [-0.2, 0) is 22.6 Å². The molecule has 6 heteroatoms. The Morgan fingerprint density at radius 2 is 1.93 bits per heavy atom. The van der Waals surface area contributed by atoms with Crippen molar-refractivity contribution < 1.29 is 9.59 Å². The number of carbonyl (C=O) groups excluding carboxylic acids is 2. The molecule has 3 rings (SSSR count). The molecule has 0 aliphatic heterocycles. The topological polar surface area (TPSA) is 78.1 Å². The lowest BCUT2D eigenvalue weighted by Gasteiger charge is -2.20. The summed E-state index contributed by atoms with van der Waals surface area (Å²) in [5.41, 5.74) is 3.29. The van der Waals surface area contributed by atoms with E-state index in [1.807, 2.05) is 36.5 Å². The van der Waals surface area contributed by atoms with E-state index in [1.165, 1.54) is 17.9 Å². The van der Waals surface area contributed by atoms with Gasteiger partial charge in [-0.05, 0) is 35.7 Å². The van der Waals surface area contributed by atoms with Gasteiger partial charge in [-0.2, -0.15) is 0 Å². The molecule has 2 amide bonds. The summed E-state index contributed by atoms with van der Waals surface area (Å²) < 4.78 is 0. The van der Waals surface area contributed by atoms with E-state index in [4.69, 9.17) is 0 Å². The number of rotatable bonds is 8. The highest BCUT2D eigenvalue weighted by Gasteiger charge is 2.12. The number of hydrogen-bond donors (Lipinski definition) is 2. The fraction of sp³-hybridized carbons (Fsp3) is 0.286. The number of fused-ring (bicyclic) bond motifs is 1. The van der Waals surface area contributed by atoms with Crippen molar-refractivity contribution in [3.63, 3.8) is 0 Å². The molecule has 0 aliphatic carbocycles. The SMILES string of the molecule is CC(=O)N(CCC(=O)NCCc1c[nH]c2ccccc12)Cc1ccncc1. The van der Waals surface area contributed by atoms with Crippen molar-refractivity contribution in [3.8, 4) is 0 Å². The second-order valence-corrected chi connectivity index (χ2v) is 6.51. The molecule has 0 atom stereocenters. The standard InChI is InChI=1S/C21H24N4O2/c1-16(26)25(15-17-6-10-22-11-7-17)13-9-21(27)23-12-8-18-14-24-20-5-3-2-4-19(18)20/h2-7,10-11,14,24H,8-9,12-13,15H2,1H3,(H,23,27). The molecular weight excluding hydrogens is 340 g/mol. The van der Waals surface area contributed by atoms with E-state index in [-0.39, 0.29) is 11.8 Å². The molecule has 0 bridgehead atoms. The van der Waals surface area contributed by atoms with Gasteiger partial charge in [-0.15, -0.1) is 0 Å². The van der Waals surface area contributed by atoms with Gasteiger partial charge in [-0.1, -0.05) is 18.2 Å². The summed E-state index contributed by atoms with van der Waals surface area (Å²) in [5, 5.41) is 4.13. The van der Waals surface area contributed by atoms with Crippen molar-refractivity contribution in [2.24, 2.45) is 0 Å². The maximum Gasteiger partial charge on any atom is 0.221 e. The number of amides is 2. The molecule has 0 unspecified atom stereocenters. The number of carbonyl (C=O) groups is 2. The zero-order chi connectivity index (χ0) is 19.1. The van der Waals surface area contributed by atoms with Gasteiger partial charge in [0.15, 0.2) is 0 Å². The van der Waals surface area contributed by atoms with Crippen LogP contribution in [0.1, 0.15) is 24.5 Å². The maximum absolute atomic E-state index is 12.1. The number of aromatic nitrogens is 2. The lowest BCUT2D eigenvalue weighted by molar-refractivity contribution is -0.130. The number of pyridine rings is 1. The van der Waals surface area contributed by atoms with E-state index in [2.05, 4.69) is 21.4 Å². The molecule has 2 aromatic heterocycles. The first-order valence-corrected chi connectivity index (χ1v) is 9.09. The van der Waals surface area contributed by atoms with Crippen LogP contribution in [0.15, 0.2) is 55.0 Å². The highest BCUT2D eigenvalue weighted by molar-refractivity contribution is 5.83. The molecule has 2 heterocycles. The Balaban J connectivity index is 1.45. The monoisotopic (exact) mass is 364 g/mol. The third-order valence-electron chi connectivity index (χ3n) is 4.57. The Morgan fingerprint density at radius 1 is 1.15 bits per heavy atom. The molecule has 6 nitrogen and oxygen atoms in total. The summed E-state index contributed by atoms with van der Waals surface area (Å²) in [6.45, 7) is 2.98. The van der Waals surface area contributed by atoms with Crippen molar-refractivity contribution in [1.82, 2.24) is 20.2 Å². The number of benzene rings is 1. The van der Waals surface area contributed by atoms with E-state index in [0.29, 0.717) is 26.1 Å². The predicted molar refractivity (Wildman–Crippen MR) is 105 cm³/mol. The lowest BCUT2D eigenvalue weighted by atomic mass is 10.1. The van der Waals surface area contributed by atoms with E-state index >= 15 is 0 Å². The number of H-pyrrole nitrogens is 1. The van der Waals surface area contributed by atoms with Crippen LogP contribution in [0, 0.1) is 0 Å². The smallest absolute Gasteiger partial charge is 0.221 e. The Labute approximate surface area is 158 Å². The quantitative estimate of drug-likeness (QED) is 0.645. The van der Waals surface area contributed by atoms with Gasteiger partial charge in [0, 0.05) is 62.5 Å². The number of para-hydroxylation sites is 1. The maximum atomic E-state index is 12.1. The third-order valence-corrected chi connectivity index (χ3v) is 4.57. The molecule has 3 aromatic rings. The summed E-state index contributed by atoms with van der Waals surface area (Å²) in [6, 6.07) is 11.9. The Hall–Kier alpha value is -3.15. The van der Waals surface area contributed by atoms with Gasteiger partial charge in [-0.25, -0.2) is 0 Å². The summed E-state index contributed by atoms with van der Waals surface area (Å²) in [5.74, 6) is -0.0887. The molecule has 0 spiro atoms. The van der Waals surface area contributed by atoms with Crippen LogP contribution < -0.4 is 5.32 Å². The highest BCUT2D eigenvalue weighted by atomic mass is 16.2. The molecule has 1 aromatic carbocycles. The van der Waals surface area contributed by atoms with Crippen LogP contribution in [0.5, 0.6) is 0 Å². The summed E-state index contributed by atoms with van der Waals surface area (Å²) in [6.07, 6.45) is 6.45. The highest BCUT2D eigenvalue weighted by Crippen LogP contribution is 2.17. The van der Waals surface area contributed by atoms with Crippen molar-refractivity contribution >= 4 is 22.7 Å². The normalized spacial score (nSPS) is 10.7. The fourth-order valence-corrected chi connectivity index (χ4v) is 3.06. The van der Waals surface area contributed by atoms with Gasteiger partial charge in [0.1, 0.15) is 0 Å². The fourth-order valence-electron chi connectivity index (χ4n) is 3.06. The average molecular weight is 364 g/mol. The van der Waals surface area contributed by atoms with Gasteiger partial charge in [0.25, 0.3) is 0 Å². The second kappa shape index (κ2) is 8.98. The second-order valence-electron chi connectivity index (χ2n) is 6.51. The van der Waals surface area contributed by atoms with Crippen molar-refractivity contribution in [2.45, 2.75) is 26.3 Å². The number of hydrogen-bond acceptors (Lipinski definition) is 3. The summed E-state index contributed by atoms with van der Waals surface area (Å²) in [7, 11) is 0. The molecule has 0 saturated heterocycles. The zero-order valence-electron chi connectivity index (χ0n) is 15.4. The predicted octanol–water partition coefficient (Wildman–Crippen LogP) is 2.66. The van der Waals surface area contributed by atoms with Crippen LogP contribution in [0.3, 0.4) is 0 Å². The number of nitrogens with one attached hydrogen (secondary N) is 2. The minimum absolute atomic E-state index is 0.0431. The van der Waals surface area contributed by atoms with Crippen LogP contribution in [-0.4, -0.2) is 39.8 Å². The van der Waals surface area contributed by atoms with Crippen LogP contribution in [0.2, 0.25) is 0 Å². The van der Waals surface area contributed by atoms with Gasteiger partial charge >= 0.3 is 0 Å². The summed E-state index contributed by atoms with van der Waals surface area (Å²) in [4.78, 5) is 32.9. The molecule has 0 fully saturated rings. The van der Waals surface area contributed by atoms with Gasteiger partial charge in [0.2, 0.25) is 11.8 Å².